The zero-order valence-electron chi connectivity index (χ0n) is 20.9. The van der Waals surface area contributed by atoms with E-state index in [1.54, 1.807) is 6.92 Å². The second kappa shape index (κ2) is 8.72. The van der Waals surface area contributed by atoms with Crippen molar-refractivity contribution in [1.29, 1.82) is 0 Å². The first kappa shape index (κ1) is 22.9. The van der Waals surface area contributed by atoms with Crippen LogP contribution >= 0.6 is 0 Å². The Morgan fingerprint density at radius 3 is 2.49 bits per heavy atom. The second-order valence-electron chi connectivity index (χ2n) is 9.68. The molecule has 1 saturated heterocycles. The average molecular weight is 473 g/mol. The van der Waals surface area contributed by atoms with Crippen LogP contribution in [0.15, 0.2) is 48.9 Å². The van der Waals surface area contributed by atoms with Crippen molar-refractivity contribution < 1.29 is 4.79 Å². The lowest BCUT2D eigenvalue weighted by Crippen LogP contribution is -2.58. The number of carbonyl (C=O) groups excluding carboxylic acids is 1. The molecule has 4 aromatic rings. The summed E-state index contributed by atoms with van der Waals surface area (Å²) in [6.07, 6.45) is 3.30. The van der Waals surface area contributed by atoms with E-state index in [9.17, 15) is 4.79 Å². The van der Waals surface area contributed by atoms with E-state index in [0.29, 0.717) is 18.9 Å². The summed E-state index contributed by atoms with van der Waals surface area (Å²) in [5.41, 5.74) is 12.1. The van der Waals surface area contributed by atoms with E-state index in [-0.39, 0.29) is 24.0 Å². The molecule has 0 saturated carbocycles. The van der Waals surface area contributed by atoms with Gasteiger partial charge in [-0.3, -0.25) is 9.48 Å². The molecule has 1 aliphatic heterocycles. The van der Waals surface area contributed by atoms with Crippen LogP contribution < -0.4 is 10.6 Å². The Balaban J connectivity index is 1.61. The number of anilines is 2. The Morgan fingerprint density at radius 1 is 1.06 bits per heavy atom. The molecule has 0 bridgehead atoms. The molecule has 2 unspecified atom stereocenters. The number of aromatic nitrogens is 5. The fourth-order valence-electron chi connectivity index (χ4n) is 5.32. The standard InChI is InChI=1S/C26H32N8O/c1-16(2)33-23(9-10-29-33)22-12-24(34-25(22)26(27)28-15-30-34)20-7-6-8-21(11-20)32-17(3)13-31(19(5)35)14-18(32)4/h6-12,15-18H,13-14H2,1-5H3,(H2,27,28,30). The summed E-state index contributed by atoms with van der Waals surface area (Å²) < 4.78 is 3.86. The zero-order valence-corrected chi connectivity index (χ0v) is 20.9. The summed E-state index contributed by atoms with van der Waals surface area (Å²) in [7, 11) is 0. The number of nitrogens with zero attached hydrogens (tertiary/aromatic N) is 7. The molecule has 4 heterocycles. The zero-order chi connectivity index (χ0) is 24.9. The summed E-state index contributed by atoms with van der Waals surface area (Å²) in [6, 6.07) is 13.2. The van der Waals surface area contributed by atoms with Gasteiger partial charge in [-0.15, -0.1) is 0 Å². The van der Waals surface area contributed by atoms with Crippen LogP contribution in [0.25, 0.3) is 28.0 Å². The minimum Gasteiger partial charge on any atom is -0.382 e. The molecule has 2 atom stereocenters. The lowest BCUT2D eigenvalue weighted by molar-refractivity contribution is -0.130. The van der Waals surface area contributed by atoms with Crippen LogP contribution in [0.1, 0.15) is 40.7 Å². The molecule has 182 valence electrons. The molecular formula is C26H32N8O. The van der Waals surface area contributed by atoms with Crippen LogP contribution in [0.5, 0.6) is 0 Å². The monoisotopic (exact) mass is 472 g/mol. The molecule has 1 aliphatic rings. The van der Waals surface area contributed by atoms with Gasteiger partial charge in [0.1, 0.15) is 11.8 Å². The maximum atomic E-state index is 12.0. The SMILES string of the molecule is CC(=O)N1CC(C)N(c2cccc(-c3cc(-c4ccnn4C(C)C)c4c(N)ncnn34)c2)C(C)C1. The van der Waals surface area contributed by atoms with Gasteiger partial charge in [0.2, 0.25) is 5.91 Å². The minimum absolute atomic E-state index is 0.127. The van der Waals surface area contributed by atoms with Crippen molar-refractivity contribution in [2.75, 3.05) is 23.7 Å². The molecule has 9 nitrogen and oxygen atoms in total. The van der Waals surface area contributed by atoms with Crippen molar-refractivity contribution in [3.05, 3.63) is 48.9 Å². The van der Waals surface area contributed by atoms with E-state index in [1.165, 1.54) is 6.33 Å². The first-order chi connectivity index (χ1) is 16.8. The van der Waals surface area contributed by atoms with Gasteiger partial charge < -0.3 is 15.5 Å². The number of hydrogen-bond donors (Lipinski definition) is 1. The molecule has 2 N–H and O–H groups in total. The lowest BCUT2D eigenvalue weighted by Gasteiger charge is -2.45. The number of amides is 1. The highest BCUT2D eigenvalue weighted by atomic mass is 16.2. The molecule has 5 rings (SSSR count). The quantitative estimate of drug-likeness (QED) is 0.484. The second-order valence-corrected chi connectivity index (χ2v) is 9.68. The third-order valence-corrected chi connectivity index (χ3v) is 6.82. The van der Waals surface area contributed by atoms with Crippen LogP contribution in [-0.2, 0) is 4.79 Å². The maximum absolute atomic E-state index is 12.0. The molecule has 0 aliphatic carbocycles. The summed E-state index contributed by atoms with van der Waals surface area (Å²) in [5, 5.41) is 9.08. The van der Waals surface area contributed by atoms with Crippen LogP contribution in [0.3, 0.4) is 0 Å². The van der Waals surface area contributed by atoms with E-state index >= 15 is 0 Å². The van der Waals surface area contributed by atoms with E-state index in [1.807, 2.05) is 26.4 Å². The number of nitrogen functional groups attached to an aromatic ring is 1. The van der Waals surface area contributed by atoms with E-state index in [4.69, 9.17) is 5.73 Å². The maximum Gasteiger partial charge on any atom is 0.219 e. The fraction of sp³-hybridized carbons (Fsp3) is 0.385. The van der Waals surface area contributed by atoms with Crippen LogP contribution in [-0.4, -0.2) is 60.4 Å². The summed E-state index contributed by atoms with van der Waals surface area (Å²) in [4.78, 5) is 20.6. The Morgan fingerprint density at radius 2 is 1.80 bits per heavy atom. The van der Waals surface area contributed by atoms with Gasteiger partial charge in [-0.2, -0.15) is 10.2 Å². The van der Waals surface area contributed by atoms with Crippen molar-refractivity contribution in [2.45, 2.75) is 52.7 Å². The van der Waals surface area contributed by atoms with Crippen LogP contribution in [0.4, 0.5) is 11.5 Å². The van der Waals surface area contributed by atoms with Gasteiger partial charge in [0.05, 0.1) is 11.4 Å². The predicted molar refractivity (Wildman–Crippen MR) is 138 cm³/mol. The number of nitrogens with two attached hydrogens (primary N) is 1. The molecule has 1 amide bonds. The van der Waals surface area contributed by atoms with Crippen molar-refractivity contribution in [2.24, 2.45) is 0 Å². The van der Waals surface area contributed by atoms with Gasteiger partial charge in [-0.25, -0.2) is 9.50 Å². The summed E-state index contributed by atoms with van der Waals surface area (Å²) >= 11 is 0. The highest BCUT2D eigenvalue weighted by Gasteiger charge is 2.31. The molecule has 1 aromatic carbocycles. The Kier molecular flexibility index (Phi) is 5.70. The lowest BCUT2D eigenvalue weighted by atomic mass is 10.0. The molecule has 0 radical (unpaired) electrons. The van der Waals surface area contributed by atoms with Crippen LogP contribution in [0.2, 0.25) is 0 Å². The number of fused-ring (bicyclic) bond motifs is 1. The highest BCUT2D eigenvalue weighted by molar-refractivity contribution is 5.91. The summed E-state index contributed by atoms with van der Waals surface area (Å²) in [6.45, 7) is 11.6. The van der Waals surface area contributed by atoms with Crippen molar-refractivity contribution in [3.63, 3.8) is 0 Å². The van der Waals surface area contributed by atoms with Crippen molar-refractivity contribution in [1.82, 2.24) is 29.3 Å². The third-order valence-electron chi connectivity index (χ3n) is 6.82. The molecular weight excluding hydrogens is 440 g/mol. The average Bonchev–Trinajstić information content (AvgIpc) is 3.44. The Bertz CT molecular complexity index is 1380. The van der Waals surface area contributed by atoms with Crippen molar-refractivity contribution >= 4 is 22.9 Å². The first-order valence-corrected chi connectivity index (χ1v) is 12.1. The van der Waals surface area contributed by atoms with Gasteiger partial charge in [-0.05, 0) is 52.0 Å². The summed E-state index contributed by atoms with van der Waals surface area (Å²) in [5.74, 6) is 0.554. The first-order valence-electron chi connectivity index (χ1n) is 12.1. The molecule has 9 heteroatoms. The largest absolute Gasteiger partial charge is 0.382 e. The van der Waals surface area contributed by atoms with Gasteiger partial charge >= 0.3 is 0 Å². The van der Waals surface area contributed by atoms with E-state index < -0.39 is 0 Å². The number of benzene rings is 1. The van der Waals surface area contributed by atoms with Gasteiger partial charge in [0.25, 0.3) is 0 Å². The topological polar surface area (TPSA) is 97.6 Å². The van der Waals surface area contributed by atoms with Gasteiger partial charge in [-0.1, -0.05) is 12.1 Å². The van der Waals surface area contributed by atoms with E-state index in [0.717, 1.165) is 33.7 Å². The normalized spacial score (nSPS) is 18.6. The predicted octanol–water partition coefficient (Wildman–Crippen LogP) is 3.87. The van der Waals surface area contributed by atoms with Gasteiger partial charge in [0, 0.05) is 61.1 Å². The molecule has 0 spiro atoms. The smallest absolute Gasteiger partial charge is 0.219 e. The fourth-order valence-corrected chi connectivity index (χ4v) is 5.32. The minimum atomic E-state index is 0.127. The third kappa shape index (κ3) is 3.90. The highest BCUT2D eigenvalue weighted by Crippen LogP contribution is 2.37. The Hall–Kier alpha value is -3.88. The molecule has 35 heavy (non-hydrogen) atoms. The molecule has 3 aromatic heterocycles. The number of rotatable bonds is 4. The van der Waals surface area contributed by atoms with Gasteiger partial charge in [0.15, 0.2) is 5.82 Å². The number of piperazine rings is 1. The Labute approximate surface area is 205 Å². The van der Waals surface area contributed by atoms with Crippen molar-refractivity contribution in [3.8, 4) is 22.5 Å². The van der Waals surface area contributed by atoms with E-state index in [2.05, 4.69) is 78.1 Å². The number of carbonyl (C=O) groups is 1. The molecule has 1 fully saturated rings. The van der Waals surface area contributed by atoms with Crippen LogP contribution in [0, 0.1) is 0 Å². The number of hydrogen-bond acceptors (Lipinski definition) is 6.